The molecule has 0 aliphatic carbocycles. The molecule has 4 nitrogen and oxygen atoms in total. The van der Waals surface area contributed by atoms with Gasteiger partial charge in [0.05, 0.1) is 0 Å². The van der Waals surface area contributed by atoms with E-state index in [0.717, 1.165) is 6.07 Å². The van der Waals surface area contributed by atoms with E-state index < -0.39 is 14.6 Å². The summed E-state index contributed by atoms with van der Waals surface area (Å²) in [5.41, 5.74) is -0.491. The molecule has 1 N–H and O–H groups in total. The van der Waals surface area contributed by atoms with Gasteiger partial charge in [-0.25, -0.2) is 8.42 Å². The van der Waals surface area contributed by atoms with Crippen LogP contribution in [0.3, 0.4) is 0 Å². The number of hydrogen-bond acceptors (Lipinski definition) is 3. The molecule has 0 aromatic carbocycles. The van der Waals surface area contributed by atoms with Crippen LogP contribution in [0.2, 0.25) is 0 Å². The van der Waals surface area contributed by atoms with E-state index >= 15 is 0 Å². The summed E-state index contributed by atoms with van der Waals surface area (Å²) in [5, 5.41) is 0. The molecule has 0 aliphatic rings. The minimum absolute atomic E-state index is 0.159. The van der Waals surface area contributed by atoms with E-state index in [9.17, 15) is 13.2 Å². The van der Waals surface area contributed by atoms with Crippen LogP contribution >= 0.6 is 33.3 Å². The topological polar surface area (TPSA) is 67.0 Å². The van der Waals surface area contributed by atoms with Crippen molar-refractivity contribution in [3.05, 3.63) is 26.2 Å². The lowest BCUT2D eigenvalue weighted by atomic mass is 10.5. The van der Waals surface area contributed by atoms with Crippen molar-refractivity contribution in [2.24, 2.45) is 0 Å². The van der Waals surface area contributed by atoms with Gasteiger partial charge in [0.25, 0.3) is 9.05 Å². The van der Waals surface area contributed by atoms with E-state index in [1.165, 1.54) is 6.20 Å². The largest absolute Gasteiger partial charge is 0.328 e. The fraction of sp³-hybridized carbons (Fsp3) is 0. The summed E-state index contributed by atoms with van der Waals surface area (Å²) in [6, 6.07) is 0.949. The molecule has 0 aliphatic heterocycles. The number of aromatic nitrogens is 1. The monoisotopic (exact) mass is 319 g/mol. The third-order valence-electron chi connectivity index (χ3n) is 1.10. The number of halogens is 2. The highest BCUT2D eigenvalue weighted by Gasteiger charge is 2.14. The Labute approximate surface area is 86.5 Å². The van der Waals surface area contributed by atoms with E-state index in [0.29, 0.717) is 3.57 Å². The van der Waals surface area contributed by atoms with Gasteiger partial charge in [-0.2, -0.15) is 0 Å². The maximum atomic E-state index is 10.8. The molecule has 0 atom stereocenters. The second kappa shape index (κ2) is 3.35. The molecule has 1 heterocycles. The average Bonchev–Trinajstić information content (AvgIpc) is 1.92. The minimum Gasteiger partial charge on any atom is -0.328 e. The molecule has 1 aromatic rings. The van der Waals surface area contributed by atoms with Crippen LogP contribution in [0.4, 0.5) is 0 Å². The van der Waals surface area contributed by atoms with E-state index in [1.54, 1.807) is 22.6 Å². The molecule has 1 aromatic heterocycles. The van der Waals surface area contributed by atoms with Crippen LogP contribution < -0.4 is 5.56 Å². The Morgan fingerprint density at radius 3 is 2.50 bits per heavy atom. The van der Waals surface area contributed by atoms with Crippen LogP contribution in [0.15, 0.2) is 22.0 Å². The molecule has 0 saturated heterocycles. The second-order valence-electron chi connectivity index (χ2n) is 1.95. The summed E-state index contributed by atoms with van der Waals surface area (Å²) in [7, 11) is 1.24. The van der Waals surface area contributed by atoms with Gasteiger partial charge in [-0.1, -0.05) is 0 Å². The third kappa shape index (κ3) is 2.20. The Kier molecular flexibility index (Phi) is 2.79. The van der Waals surface area contributed by atoms with Crippen LogP contribution in [-0.4, -0.2) is 13.4 Å². The third-order valence-corrected chi connectivity index (χ3v) is 3.72. The van der Waals surface area contributed by atoms with Crippen LogP contribution in [0.1, 0.15) is 0 Å². The SMILES string of the molecule is O=c1cc(S(=O)(=O)Cl)c(I)c[nH]1. The van der Waals surface area contributed by atoms with E-state index in [-0.39, 0.29) is 4.90 Å². The number of aromatic amines is 1. The van der Waals surface area contributed by atoms with Crippen LogP contribution in [0, 0.1) is 3.57 Å². The number of nitrogens with one attached hydrogen (secondary N) is 1. The highest BCUT2D eigenvalue weighted by Crippen LogP contribution is 2.18. The zero-order valence-electron chi connectivity index (χ0n) is 5.54. The molecular formula is C5H3ClINO3S. The summed E-state index contributed by atoms with van der Waals surface area (Å²) < 4.78 is 22.0. The Hall–Kier alpha value is -0.0800. The number of hydrogen-bond donors (Lipinski definition) is 1. The average molecular weight is 320 g/mol. The zero-order chi connectivity index (χ0) is 9.35. The lowest BCUT2D eigenvalue weighted by molar-refractivity contribution is 0.609. The molecule has 66 valence electrons. The minimum atomic E-state index is -3.81. The van der Waals surface area contributed by atoms with Gasteiger partial charge < -0.3 is 4.98 Å². The first-order chi connectivity index (χ1) is 5.41. The first kappa shape index (κ1) is 10.0. The highest BCUT2D eigenvalue weighted by molar-refractivity contribution is 14.1. The maximum absolute atomic E-state index is 10.8. The van der Waals surface area contributed by atoms with Crippen molar-refractivity contribution in [3.8, 4) is 0 Å². The maximum Gasteiger partial charge on any atom is 0.262 e. The molecule has 0 radical (unpaired) electrons. The molecule has 0 unspecified atom stereocenters. The molecular weight excluding hydrogens is 316 g/mol. The quantitative estimate of drug-likeness (QED) is 0.618. The predicted molar refractivity (Wildman–Crippen MR) is 52.8 cm³/mol. The van der Waals surface area contributed by atoms with Crippen molar-refractivity contribution in [1.29, 1.82) is 0 Å². The lowest BCUT2D eigenvalue weighted by Gasteiger charge is -1.96. The van der Waals surface area contributed by atoms with Crippen molar-refractivity contribution in [2.75, 3.05) is 0 Å². The smallest absolute Gasteiger partial charge is 0.262 e. The molecule has 0 fully saturated rings. The second-order valence-corrected chi connectivity index (χ2v) is 5.64. The Morgan fingerprint density at radius 2 is 2.08 bits per heavy atom. The van der Waals surface area contributed by atoms with Gasteiger partial charge in [-0.05, 0) is 22.6 Å². The van der Waals surface area contributed by atoms with E-state index in [2.05, 4.69) is 4.98 Å². The standard InChI is InChI=1S/C5H3ClINO3S/c6-12(10,11)4-1-5(9)8-2-3(4)7/h1-2H,(H,8,9). The summed E-state index contributed by atoms with van der Waals surface area (Å²) in [6.07, 6.45) is 1.29. The molecule has 7 heteroatoms. The van der Waals surface area contributed by atoms with Crippen LogP contribution in [-0.2, 0) is 9.05 Å². The Balaban J connectivity index is 3.54. The predicted octanol–water partition coefficient (Wildman–Crippen LogP) is 0.907. The van der Waals surface area contributed by atoms with Gasteiger partial charge in [0.2, 0.25) is 5.56 Å². The fourth-order valence-electron chi connectivity index (χ4n) is 0.622. The molecule has 0 spiro atoms. The molecule has 1 rings (SSSR count). The number of pyridine rings is 1. The molecule has 0 bridgehead atoms. The van der Waals surface area contributed by atoms with Crippen molar-refractivity contribution < 1.29 is 8.42 Å². The van der Waals surface area contributed by atoms with E-state index in [4.69, 9.17) is 10.7 Å². The number of H-pyrrole nitrogens is 1. The van der Waals surface area contributed by atoms with Gasteiger partial charge >= 0.3 is 0 Å². The van der Waals surface area contributed by atoms with Crippen molar-refractivity contribution in [3.63, 3.8) is 0 Å². The number of rotatable bonds is 1. The van der Waals surface area contributed by atoms with Gasteiger partial charge in [-0.15, -0.1) is 0 Å². The van der Waals surface area contributed by atoms with Crippen molar-refractivity contribution in [2.45, 2.75) is 4.90 Å². The van der Waals surface area contributed by atoms with Gasteiger partial charge in [0, 0.05) is 26.5 Å². The van der Waals surface area contributed by atoms with Gasteiger partial charge in [-0.3, -0.25) is 4.79 Å². The Bertz CT molecular complexity index is 452. The first-order valence-corrected chi connectivity index (χ1v) is 6.13. The zero-order valence-corrected chi connectivity index (χ0v) is 9.27. The van der Waals surface area contributed by atoms with Gasteiger partial charge in [0.15, 0.2) is 0 Å². The highest BCUT2D eigenvalue weighted by atomic mass is 127. The first-order valence-electron chi connectivity index (χ1n) is 2.74. The van der Waals surface area contributed by atoms with Crippen LogP contribution in [0.25, 0.3) is 0 Å². The van der Waals surface area contributed by atoms with E-state index in [1.807, 2.05) is 0 Å². The fourth-order valence-corrected chi connectivity index (χ4v) is 3.12. The van der Waals surface area contributed by atoms with Gasteiger partial charge in [0.1, 0.15) is 4.90 Å². The van der Waals surface area contributed by atoms with Crippen molar-refractivity contribution in [1.82, 2.24) is 4.98 Å². The van der Waals surface area contributed by atoms with Crippen LogP contribution in [0.5, 0.6) is 0 Å². The molecule has 0 amide bonds. The molecule has 12 heavy (non-hydrogen) atoms. The summed E-state index contributed by atoms with van der Waals surface area (Å²) >= 11 is 1.77. The Morgan fingerprint density at radius 1 is 1.50 bits per heavy atom. The summed E-state index contributed by atoms with van der Waals surface area (Å²) in [6.45, 7) is 0. The summed E-state index contributed by atoms with van der Waals surface area (Å²) in [5.74, 6) is 0. The molecule has 0 saturated carbocycles. The normalized spacial score (nSPS) is 11.5. The van der Waals surface area contributed by atoms with Crippen molar-refractivity contribution >= 4 is 42.3 Å². The lowest BCUT2D eigenvalue weighted by Crippen LogP contribution is -2.08. The summed E-state index contributed by atoms with van der Waals surface area (Å²) in [4.78, 5) is 12.9.